The molecule has 1 aromatic rings. The third-order valence-corrected chi connectivity index (χ3v) is 3.26. The Morgan fingerprint density at radius 1 is 1.30 bits per heavy atom. The maximum absolute atomic E-state index is 11.4. The van der Waals surface area contributed by atoms with Crippen LogP contribution >= 0.6 is 17.0 Å². The highest BCUT2D eigenvalue weighted by atomic mass is 79.9. The van der Waals surface area contributed by atoms with Gasteiger partial charge in [0.2, 0.25) is 0 Å². The van der Waals surface area contributed by atoms with E-state index in [1.165, 1.54) is 6.08 Å². The van der Waals surface area contributed by atoms with E-state index in [0.29, 0.717) is 0 Å². The van der Waals surface area contributed by atoms with Gasteiger partial charge in [-0.3, -0.25) is 4.90 Å². The molecule has 3 nitrogen and oxygen atoms in total. The smallest absolute Gasteiger partial charge is 0.330 e. The molecule has 1 rings (SSSR count). The molecule has 0 bridgehead atoms. The van der Waals surface area contributed by atoms with E-state index in [1.807, 2.05) is 25.1 Å². The maximum atomic E-state index is 11.4. The van der Waals surface area contributed by atoms with Crippen LogP contribution in [0.1, 0.15) is 32.4 Å². The molecule has 1 aromatic carbocycles. The molecule has 0 aliphatic carbocycles. The van der Waals surface area contributed by atoms with Gasteiger partial charge in [-0.15, -0.1) is 17.0 Å². The second-order valence-corrected chi connectivity index (χ2v) is 4.42. The van der Waals surface area contributed by atoms with Crippen molar-refractivity contribution < 1.29 is 9.53 Å². The minimum absolute atomic E-state index is 0. The number of benzene rings is 1. The van der Waals surface area contributed by atoms with Gasteiger partial charge in [-0.2, -0.15) is 0 Å². The summed E-state index contributed by atoms with van der Waals surface area (Å²) < 4.78 is 5.40. The van der Waals surface area contributed by atoms with Crippen molar-refractivity contribution in [1.82, 2.24) is 4.90 Å². The Labute approximate surface area is 132 Å². The minimum atomic E-state index is -0.374. The highest BCUT2D eigenvalue weighted by molar-refractivity contribution is 8.93. The van der Waals surface area contributed by atoms with Crippen molar-refractivity contribution in [1.29, 1.82) is 0 Å². The molecule has 0 aliphatic heterocycles. The van der Waals surface area contributed by atoms with Crippen molar-refractivity contribution in [3.63, 3.8) is 0 Å². The van der Waals surface area contributed by atoms with Gasteiger partial charge in [0, 0.05) is 6.08 Å². The second-order valence-electron chi connectivity index (χ2n) is 4.42. The van der Waals surface area contributed by atoms with E-state index in [2.05, 4.69) is 37.5 Å². The minimum Gasteiger partial charge on any atom is -0.457 e. The molecule has 112 valence electrons. The Morgan fingerprint density at radius 3 is 2.30 bits per heavy atom. The van der Waals surface area contributed by atoms with Gasteiger partial charge in [0.05, 0.1) is 6.04 Å². The van der Waals surface area contributed by atoms with Crippen molar-refractivity contribution in [3.05, 3.63) is 48.6 Å². The predicted octanol–water partition coefficient (Wildman–Crippen LogP) is 3.77. The summed E-state index contributed by atoms with van der Waals surface area (Å²) in [4.78, 5) is 13.7. The first-order chi connectivity index (χ1) is 9.13. The number of nitrogens with zero attached hydrogens (tertiary/aromatic N) is 1. The predicted molar refractivity (Wildman–Crippen MR) is 88.2 cm³/mol. The Morgan fingerprint density at radius 2 is 1.85 bits per heavy atom. The molecule has 0 saturated heterocycles. The molecular formula is C16H24BrNO2. The van der Waals surface area contributed by atoms with Gasteiger partial charge in [0.1, 0.15) is 6.10 Å². The van der Waals surface area contributed by atoms with Gasteiger partial charge in [-0.05, 0) is 25.6 Å². The normalized spacial score (nSPS) is 13.2. The lowest BCUT2D eigenvalue weighted by Crippen LogP contribution is -2.37. The van der Waals surface area contributed by atoms with Crippen LogP contribution in [0.3, 0.4) is 0 Å². The average Bonchev–Trinajstić information content (AvgIpc) is 2.45. The molecule has 0 saturated carbocycles. The molecular weight excluding hydrogens is 318 g/mol. The Hall–Kier alpha value is -1.13. The van der Waals surface area contributed by atoms with Crippen LogP contribution in [0.2, 0.25) is 0 Å². The van der Waals surface area contributed by atoms with Crippen molar-refractivity contribution >= 4 is 23.0 Å². The SMILES string of the molecule is Br.C=CC(=O)OC(C)C(c1ccccc1)N(CC)CC. The summed E-state index contributed by atoms with van der Waals surface area (Å²) in [6.07, 6.45) is 0.994. The largest absolute Gasteiger partial charge is 0.457 e. The fraction of sp³-hybridized carbons (Fsp3) is 0.438. The van der Waals surface area contributed by atoms with Crippen LogP contribution in [0.4, 0.5) is 0 Å². The van der Waals surface area contributed by atoms with Crippen molar-refractivity contribution in [3.8, 4) is 0 Å². The number of carbonyl (C=O) groups excluding carboxylic acids is 1. The summed E-state index contributed by atoms with van der Waals surface area (Å²) in [5.41, 5.74) is 1.16. The van der Waals surface area contributed by atoms with Crippen molar-refractivity contribution in [2.75, 3.05) is 13.1 Å². The summed E-state index contributed by atoms with van der Waals surface area (Å²) in [5.74, 6) is -0.374. The van der Waals surface area contributed by atoms with E-state index in [0.717, 1.165) is 18.7 Å². The molecule has 0 spiro atoms. The number of rotatable bonds is 7. The maximum Gasteiger partial charge on any atom is 0.330 e. The summed E-state index contributed by atoms with van der Waals surface area (Å²) in [6, 6.07) is 10.2. The topological polar surface area (TPSA) is 29.5 Å². The molecule has 0 amide bonds. The van der Waals surface area contributed by atoms with E-state index in [9.17, 15) is 4.79 Å². The van der Waals surface area contributed by atoms with E-state index >= 15 is 0 Å². The summed E-state index contributed by atoms with van der Waals surface area (Å²) in [5, 5.41) is 0. The standard InChI is InChI=1S/C16H23NO2.BrH/c1-5-15(18)19-13(4)16(17(6-2)7-3)14-11-9-8-10-12-14;/h5,8-13,16H,1,6-7H2,2-4H3;1H. The fourth-order valence-electron chi connectivity index (χ4n) is 2.34. The first-order valence-corrected chi connectivity index (χ1v) is 6.76. The zero-order chi connectivity index (χ0) is 14.3. The highest BCUT2D eigenvalue weighted by Gasteiger charge is 2.26. The third-order valence-electron chi connectivity index (χ3n) is 3.26. The van der Waals surface area contributed by atoms with Crippen LogP contribution < -0.4 is 0 Å². The fourth-order valence-corrected chi connectivity index (χ4v) is 2.34. The Bertz CT molecular complexity index is 404. The number of hydrogen-bond acceptors (Lipinski definition) is 3. The van der Waals surface area contributed by atoms with Crippen LogP contribution in [-0.2, 0) is 9.53 Å². The van der Waals surface area contributed by atoms with Crippen LogP contribution in [0, 0.1) is 0 Å². The first kappa shape index (κ1) is 18.9. The summed E-state index contributed by atoms with van der Waals surface area (Å²) >= 11 is 0. The van der Waals surface area contributed by atoms with E-state index < -0.39 is 0 Å². The quantitative estimate of drug-likeness (QED) is 0.558. The number of ether oxygens (including phenoxy) is 1. The number of esters is 1. The van der Waals surface area contributed by atoms with E-state index in [4.69, 9.17) is 4.74 Å². The molecule has 0 aromatic heterocycles. The van der Waals surface area contributed by atoms with E-state index in [1.54, 1.807) is 0 Å². The molecule has 2 atom stereocenters. The van der Waals surface area contributed by atoms with Crippen LogP contribution in [0.25, 0.3) is 0 Å². The average molecular weight is 342 g/mol. The second kappa shape index (κ2) is 9.72. The van der Waals surface area contributed by atoms with Crippen LogP contribution in [-0.4, -0.2) is 30.1 Å². The highest BCUT2D eigenvalue weighted by Crippen LogP contribution is 2.26. The van der Waals surface area contributed by atoms with Gasteiger partial charge in [0.15, 0.2) is 0 Å². The van der Waals surface area contributed by atoms with Gasteiger partial charge in [-0.25, -0.2) is 4.79 Å². The Kier molecular flexibility index (Phi) is 9.17. The lowest BCUT2D eigenvalue weighted by Gasteiger charge is -2.34. The lowest BCUT2D eigenvalue weighted by atomic mass is 10.0. The summed E-state index contributed by atoms with van der Waals surface area (Å²) in [6.45, 7) is 11.4. The van der Waals surface area contributed by atoms with Crippen LogP contribution in [0.5, 0.6) is 0 Å². The zero-order valence-corrected chi connectivity index (χ0v) is 14.1. The number of carbonyl (C=O) groups is 1. The molecule has 20 heavy (non-hydrogen) atoms. The van der Waals surface area contributed by atoms with Crippen LogP contribution in [0.15, 0.2) is 43.0 Å². The molecule has 0 radical (unpaired) electrons. The molecule has 0 N–H and O–H groups in total. The zero-order valence-electron chi connectivity index (χ0n) is 12.4. The third kappa shape index (κ3) is 5.10. The van der Waals surface area contributed by atoms with Gasteiger partial charge in [-0.1, -0.05) is 50.8 Å². The molecule has 0 fully saturated rings. The molecule has 0 aliphatic rings. The molecule has 4 heteroatoms. The first-order valence-electron chi connectivity index (χ1n) is 6.76. The number of halogens is 1. The lowest BCUT2D eigenvalue weighted by molar-refractivity contribution is -0.145. The molecule has 0 heterocycles. The number of likely N-dealkylation sites (N-methyl/N-ethyl adjacent to an activating group) is 1. The molecule has 2 unspecified atom stereocenters. The Balaban J connectivity index is 0.00000361. The monoisotopic (exact) mass is 341 g/mol. The van der Waals surface area contributed by atoms with Crippen molar-refractivity contribution in [2.24, 2.45) is 0 Å². The van der Waals surface area contributed by atoms with Gasteiger partial charge < -0.3 is 4.74 Å². The number of hydrogen-bond donors (Lipinski definition) is 0. The van der Waals surface area contributed by atoms with E-state index in [-0.39, 0.29) is 35.1 Å². The van der Waals surface area contributed by atoms with Gasteiger partial charge in [0.25, 0.3) is 0 Å². The van der Waals surface area contributed by atoms with Gasteiger partial charge >= 0.3 is 5.97 Å². The van der Waals surface area contributed by atoms with Crippen molar-refractivity contribution in [2.45, 2.75) is 32.9 Å². The summed E-state index contributed by atoms with van der Waals surface area (Å²) in [7, 11) is 0.